The lowest BCUT2D eigenvalue weighted by Gasteiger charge is -2.41. The summed E-state index contributed by atoms with van der Waals surface area (Å²) in [5, 5.41) is 49.1. The highest BCUT2D eigenvalue weighted by molar-refractivity contribution is 7.18. The van der Waals surface area contributed by atoms with Gasteiger partial charge in [0.15, 0.2) is 5.82 Å². The molecule has 1 fully saturated rings. The zero-order chi connectivity index (χ0) is 25.8. The zero-order valence-corrected chi connectivity index (χ0v) is 21.8. The van der Waals surface area contributed by atoms with E-state index in [2.05, 4.69) is 30.4 Å². The van der Waals surface area contributed by atoms with Crippen LogP contribution in [0, 0.1) is 20.8 Å². The molecular weight excluding hydrogens is 516 g/mol. The third-order valence-corrected chi connectivity index (χ3v) is 8.01. The molecule has 1 saturated heterocycles. The van der Waals surface area contributed by atoms with Gasteiger partial charge in [-0.2, -0.15) is 5.10 Å². The predicted octanol–water partition coefficient (Wildman–Crippen LogP) is 1.91. The van der Waals surface area contributed by atoms with Gasteiger partial charge in [0.1, 0.15) is 47.7 Å². The van der Waals surface area contributed by atoms with E-state index in [0.717, 1.165) is 25.9 Å². The maximum absolute atomic E-state index is 11.5. The largest absolute Gasteiger partial charge is 0.394 e. The molecule has 12 nitrogen and oxygen atoms in total. The molecule has 192 valence electrons. The summed E-state index contributed by atoms with van der Waals surface area (Å²) in [6, 6.07) is 4.79. The van der Waals surface area contributed by atoms with Crippen molar-refractivity contribution in [3.63, 3.8) is 0 Å². The number of ether oxygens (including phenoxy) is 1. The second-order valence-electron chi connectivity index (χ2n) is 8.90. The smallest absolute Gasteiger partial charge is 0.164 e. The minimum absolute atomic E-state index is 0.344. The van der Waals surface area contributed by atoms with Gasteiger partial charge in [0.25, 0.3) is 0 Å². The Morgan fingerprint density at radius 1 is 1.03 bits per heavy atom. The van der Waals surface area contributed by atoms with E-state index in [1.807, 2.05) is 37.4 Å². The molecule has 5 atom stereocenters. The van der Waals surface area contributed by atoms with Crippen LogP contribution < -0.4 is 0 Å². The van der Waals surface area contributed by atoms with E-state index in [1.54, 1.807) is 29.1 Å². The van der Waals surface area contributed by atoms with Crippen LogP contribution in [-0.4, -0.2) is 80.0 Å². The van der Waals surface area contributed by atoms with Crippen molar-refractivity contribution in [3.05, 3.63) is 51.4 Å². The van der Waals surface area contributed by atoms with Crippen molar-refractivity contribution in [2.24, 2.45) is 0 Å². The lowest BCUT2D eigenvalue weighted by molar-refractivity contribution is -0.210. The fourth-order valence-corrected chi connectivity index (χ4v) is 6.08. The fraction of sp³-hybridized carbons (Fsp3) is 0.391. The van der Waals surface area contributed by atoms with Crippen LogP contribution >= 0.6 is 22.7 Å². The number of hydrogen-bond acceptors (Lipinski definition) is 12. The summed E-state index contributed by atoms with van der Waals surface area (Å²) in [5.74, 6) is 0.827. The standard InChI is InChI=1S/C23H24N8O4S2/c1-10-24-23(31(28-10)13-4-5-14-18(6-13)37-12(3)26-14)22-21(34)19(20(33)17(8-32)35-22)30-7-15(27-29-30)16-9-36-11(2)25-16/h4-7,9,17,19-22,32-34H,8H2,1-3H3/t17-,19+,20+,21-,22-/m1/s1. The van der Waals surface area contributed by atoms with Crippen LogP contribution in [0.3, 0.4) is 0 Å². The van der Waals surface area contributed by atoms with Gasteiger partial charge in [0.05, 0.1) is 38.7 Å². The molecule has 0 amide bonds. The number of aliphatic hydroxyl groups is 3. The van der Waals surface area contributed by atoms with Crippen LogP contribution in [0.15, 0.2) is 29.8 Å². The molecule has 1 aliphatic rings. The SMILES string of the molecule is Cc1nc([C@@H]2O[C@H](CO)[C@H](O)[C@H](n3cc(-c4csc(C)n4)nn3)[C@H]2O)n(-c2ccc3nc(C)sc3c2)n1. The van der Waals surface area contributed by atoms with Crippen LogP contribution in [0.1, 0.15) is 33.8 Å². The average Bonchev–Trinajstić information content (AvgIpc) is 3.65. The number of aliphatic hydroxyl groups excluding tert-OH is 3. The molecule has 5 heterocycles. The number of thiazole rings is 2. The van der Waals surface area contributed by atoms with Crippen molar-refractivity contribution in [1.29, 1.82) is 0 Å². The van der Waals surface area contributed by atoms with E-state index in [4.69, 9.17) is 4.74 Å². The summed E-state index contributed by atoms with van der Waals surface area (Å²) in [5.41, 5.74) is 2.79. The summed E-state index contributed by atoms with van der Waals surface area (Å²) in [7, 11) is 0. The van der Waals surface area contributed by atoms with Crippen LogP contribution in [0.4, 0.5) is 0 Å². The van der Waals surface area contributed by atoms with E-state index in [-0.39, 0.29) is 0 Å². The molecule has 5 aromatic rings. The summed E-state index contributed by atoms with van der Waals surface area (Å²) < 4.78 is 10.0. The van der Waals surface area contributed by atoms with Crippen LogP contribution in [0.25, 0.3) is 27.3 Å². The van der Waals surface area contributed by atoms with E-state index in [9.17, 15) is 15.3 Å². The number of hydrogen-bond donors (Lipinski definition) is 3. The first-order valence-electron chi connectivity index (χ1n) is 11.6. The second-order valence-corrected chi connectivity index (χ2v) is 11.2. The lowest BCUT2D eigenvalue weighted by Crippen LogP contribution is -2.53. The van der Waals surface area contributed by atoms with Crippen LogP contribution in [0.2, 0.25) is 0 Å². The molecule has 1 aliphatic heterocycles. The maximum Gasteiger partial charge on any atom is 0.164 e. The molecule has 0 radical (unpaired) electrons. The molecule has 0 bridgehead atoms. The Balaban J connectivity index is 1.39. The van der Waals surface area contributed by atoms with Gasteiger partial charge in [-0.1, -0.05) is 5.21 Å². The number of nitrogens with zero attached hydrogens (tertiary/aromatic N) is 8. The second kappa shape index (κ2) is 9.31. The van der Waals surface area contributed by atoms with Crippen molar-refractivity contribution in [3.8, 4) is 17.1 Å². The molecular formula is C23H24N8O4S2. The minimum atomic E-state index is -1.28. The van der Waals surface area contributed by atoms with Crippen LogP contribution in [0.5, 0.6) is 0 Å². The minimum Gasteiger partial charge on any atom is -0.394 e. The first kappa shape index (κ1) is 24.2. The third-order valence-electron chi connectivity index (χ3n) is 6.31. The normalized spacial score (nSPS) is 24.2. The van der Waals surface area contributed by atoms with Gasteiger partial charge in [0, 0.05) is 5.38 Å². The molecule has 4 aromatic heterocycles. The number of rotatable bonds is 5. The molecule has 0 spiro atoms. The number of aryl methyl sites for hydroxylation is 3. The summed E-state index contributed by atoms with van der Waals surface area (Å²) in [4.78, 5) is 13.5. The van der Waals surface area contributed by atoms with Gasteiger partial charge in [0.2, 0.25) is 0 Å². The van der Waals surface area contributed by atoms with Gasteiger partial charge in [-0.3, -0.25) is 0 Å². The molecule has 14 heteroatoms. The summed E-state index contributed by atoms with van der Waals surface area (Å²) in [6.07, 6.45) is -2.92. The van der Waals surface area contributed by atoms with Gasteiger partial charge < -0.3 is 20.1 Å². The van der Waals surface area contributed by atoms with E-state index in [0.29, 0.717) is 23.0 Å². The Labute approximate surface area is 218 Å². The Morgan fingerprint density at radius 2 is 1.86 bits per heavy atom. The Hall–Kier alpha value is -3.14. The highest BCUT2D eigenvalue weighted by Crippen LogP contribution is 2.39. The van der Waals surface area contributed by atoms with Crippen LogP contribution in [-0.2, 0) is 4.74 Å². The predicted molar refractivity (Wildman–Crippen MR) is 136 cm³/mol. The summed E-state index contributed by atoms with van der Waals surface area (Å²) >= 11 is 3.06. The highest BCUT2D eigenvalue weighted by Gasteiger charge is 2.48. The molecule has 6 rings (SSSR count). The van der Waals surface area contributed by atoms with Gasteiger partial charge >= 0.3 is 0 Å². The molecule has 3 N–H and O–H groups in total. The monoisotopic (exact) mass is 540 g/mol. The van der Waals surface area contributed by atoms with Crippen molar-refractivity contribution in [2.45, 2.75) is 51.2 Å². The van der Waals surface area contributed by atoms with Crippen molar-refractivity contribution in [1.82, 2.24) is 39.7 Å². The fourth-order valence-electron chi connectivity index (χ4n) is 4.61. The van der Waals surface area contributed by atoms with Gasteiger partial charge in [-0.15, -0.1) is 27.8 Å². The highest BCUT2D eigenvalue weighted by atomic mass is 32.1. The molecule has 37 heavy (non-hydrogen) atoms. The van der Waals surface area contributed by atoms with E-state index < -0.39 is 37.1 Å². The van der Waals surface area contributed by atoms with Gasteiger partial charge in [-0.25, -0.2) is 24.3 Å². The molecule has 1 aromatic carbocycles. The number of benzene rings is 1. The first-order chi connectivity index (χ1) is 17.8. The van der Waals surface area contributed by atoms with E-state index in [1.165, 1.54) is 16.0 Å². The van der Waals surface area contributed by atoms with Crippen molar-refractivity contribution in [2.75, 3.05) is 6.61 Å². The molecule has 0 saturated carbocycles. The maximum atomic E-state index is 11.5. The topological polar surface area (TPSA) is 157 Å². The Bertz CT molecular complexity index is 1580. The molecule has 0 unspecified atom stereocenters. The lowest BCUT2D eigenvalue weighted by atomic mass is 9.92. The third kappa shape index (κ3) is 4.24. The average molecular weight is 541 g/mol. The quantitative estimate of drug-likeness (QED) is 0.301. The molecule has 0 aliphatic carbocycles. The number of aromatic nitrogens is 8. The zero-order valence-electron chi connectivity index (χ0n) is 20.1. The van der Waals surface area contributed by atoms with Gasteiger partial charge in [-0.05, 0) is 39.0 Å². The Morgan fingerprint density at radius 3 is 2.62 bits per heavy atom. The van der Waals surface area contributed by atoms with Crippen molar-refractivity contribution >= 4 is 32.9 Å². The first-order valence-corrected chi connectivity index (χ1v) is 13.3. The van der Waals surface area contributed by atoms with E-state index >= 15 is 0 Å². The van der Waals surface area contributed by atoms with Crippen molar-refractivity contribution < 1.29 is 20.1 Å². The summed E-state index contributed by atoms with van der Waals surface area (Å²) in [6.45, 7) is 5.13. The Kier molecular flexibility index (Phi) is 6.09. The number of fused-ring (bicyclic) bond motifs is 1.